The molecule has 2 atom stereocenters. The molecule has 0 bridgehead atoms. The molecule has 0 saturated heterocycles. The van der Waals surface area contributed by atoms with Crippen molar-refractivity contribution < 1.29 is 4.79 Å². The minimum Gasteiger partial charge on any atom is -0.325 e. The van der Waals surface area contributed by atoms with Crippen LogP contribution in [0.25, 0.3) is 0 Å². The van der Waals surface area contributed by atoms with Crippen LogP contribution in [-0.4, -0.2) is 11.9 Å². The third-order valence-electron chi connectivity index (χ3n) is 4.33. The number of rotatable bonds is 4. The molecule has 1 amide bonds. The van der Waals surface area contributed by atoms with E-state index in [1.165, 1.54) is 11.1 Å². The zero-order valence-corrected chi connectivity index (χ0v) is 14.8. The van der Waals surface area contributed by atoms with Gasteiger partial charge in [-0.25, -0.2) is 0 Å². The highest BCUT2D eigenvalue weighted by molar-refractivity contribution is 9.10. The molecule has 1 aliphatic carbocycles. The zero-order valence-electron chi connectivity index (χ0n) is 13.2. The predicted molar refractivity (Wildman–Crippen MR) is 97.5 cm³/mol. The van der Waals surface area contributed by atoms with Gasteiger partial charge in [0.2, 0.25) is 5.91 Å². The van der Waals surface area contributed by atoms with E-state index in [0.717, 1.165) is 29.4 Å². The van der Waals surface area contributed by atoms with Crippen LogP contribution in [0.5, 0.6) is 0 Å². The summed E-state index contributed by atoms with van der Waals surface area (Å²) in [4.78, 5) is 12.4. The summed E-state index contributed by atoms with van der Waals surface area (Å²) in [6.07, 6.45) is 3.37. The van der Waals surface area contributed by atoms with Gasteiger partial charge in [0.1, 0.15) is 0 Å². The van der Waals surface area contributed by atoms with Gasteiger partial charge in [0.25, 0.3) is 0 Å². The van der Waals surface area contributed by atoms with Gasteiger partial charge in [0.05, 0.1) is 6.04 Å². The average molecular weight is 373 g/mol. The quantitative estimate of drug-likeness (QED) is 0.832. The van der Waals surface area contributed by atoms with Crippen LogP contribution >= 0.6 is 15.9 Å². The first-order chi connectivity index (χ1) is 11.1. The number of halogens is 1. The van der Waals surface area contributed by atoms with Crippen molar-refractivity contribution in [2.75, 3.05) is 5.32 Å². The summed E-state index contributed by atoms with van der Waals surface area (Å²) in [6, 6.07) is 16.2. The minimum absolute atomic E-state index is 0.00428. The van der Waals surface area contributed by atoms with Crippen molar-refractivity contribution >= 4 is 27.5 Å². The van der Waals surface area contributed by atoms with Gasteiger partial charge in [-0.05, 0) is 61.6 Å². The SMILES string of the molecule is C[C@@H](N[C@H]1CCCc2ccccc21)C(=O)Nc1ccc(Br)cc1. The highest BCUT2D eigenvalue weighted by Crippen LogP contribution is 2.29. The van der Waals surface area contributed by atoms with Crippen molar-refractivity contribution in [2.24, 2.45) is 0 Å². The Morgan fingerprint density at radius 2 is 1.91 bits per heavy atom. The fraction of sp³-hybridized carbons (Fsp3) is 0.316. The first-order valence-electron chi connectivity index (χ1n) is 8.04. The molecular formula is C19H21BrN2O. The van der Waals surface area contributed by atoms with Crippen molar-refractivity contribution in [1.29, 1.82) is 0 Å². The lowest BCUT2D eigenvalue weighted by Gasteiger charge is -2.28. The number of fused-ring (bicyclic) bond motifs is 1. The monoisotopic (exact) mass is 372 g/mol. The Kier molecular flexibility index (Phi) is 5.13. The Morgan fingerprint density at radius 1 is 1.17 bits per heavy atom. The Hall–Kier alpha value is -1.65. The molecule has 3 nitrogen and oxygen atoms in total. The standard InChI is InChI=1S/C19H21BrN2O/c1-13(19(23)22-16-11-9-15(20)10-12-16)21-18-8-4-6-14-5-2-3-7-17(14)18/h2-3,5,7,9-13,18,21H,4,6,8H2,1H3,(H,22,23)/t13-,18+/m1/s1. The maximum Gasteiger partial charge on any atom is 0.241 e. The second-order valence-corrected chi connectivity index (χ2v) is 6.94. The first kappa shape index (κ1) is 16.2. The van der Waals surface area contributed by atoms with E-state index < -0.39 is 0 Å². The number of benzene rings is 2. The average Bonchev–Trinajstić information content (AvgIpc) is 2.57. The summed E-state index contributed by atoms with van der Waals surface area (Å²) in [7, 11) is 0. The Labute approximate surface area is 145 Å². The second kappa shape index (κ2) is 7.28. The van der Waals surface area contributed by atoms with Crippen LogP contribution in [-0.2, 0) is 11.2 Å². The lowest BCUT2D eigenvalue weighted by Crippen LogP contribution is -2.41. The van der Waals surface area contributed by atoms with E-state index in [1.54, 1.807) is 0 Å². The summed E-state index contributed by atoms with van der Waals surface area (Å²) >= 11 is 3.40. The number of hydrogen-bond donors (Lipinski definition) is 2. The lowest BCUT2D eigenvalue weighted by molar-refractivity contribution is -0.118. The van der Waals surface area contributed by atoms with Crippen LogP contribution in [0.1, 0.15) is 36.9 Å². The number of carbonyl (C=O) groups excluding carboxylic acids is 1. The van der Waals surface area contributed by atoms with Crippen molar-refractivity contribution in [3.63, 3.8) is 0 Å². The van der Waals surface area contributed by atoms with E-state index in [1.807, 2.05) is 31.2 Å². The highest BCUT2D eigenvalue weighted by atomic mass is 79.9. The van der Waals surface area contributed by atoms with Crippen LogP contribution in [0.15, 0.2) is 53.0 Å². The summed E-state index contributed by atoms with van der Waals surface area (Å²) < 4.78 is 1.00. The van der Waals surface area contributed by atoms with E-state index >= 15 is 0 Å². The Bertz CT molecular complexity index is 684. The number of amides is 1. The Morgan fingerprint density at radius 3 is 2.70 bits per heavy atom. The molecule has 0 aliphatic heterocycles. The summed E-state index contributed by atoms with van der Waals surface area (Å²) in [5, 5.41) is 6.45. The number of anilines is 1. The normalized spacial score (nSPS) is 18.1. The summed E-state index contributed by atoms with van der Waals surface area (Å²) in [5.74, 6) is -0.00428. The van der Waals surface area contributed by atoms with Gasteiger partial charge in [-0.2, -0.15) is 0 Å². The molecule has 2 aromatic rings. The van der Waals surface area contributed by atoms with E-state index in [-0.39, 0.29) is 18.0 Å². The third kappa shape index (κ3) is 4.01. The Balaban J connectivity index is 1.64. The van der Waals surface area contributed by atoms with Crippen LogP contribution in [0.2, 0.25) is 0 Å². The zero-order chi connectivity index (χ0) is 16.2. The van der Waals surface area contributed by atoms with E-state index in [4.69, 9.17) is 0 Å². The number of hydrogen-bond acceptors (Lipinski definition) is 2. The topological polar surface area (TPSA) is 41.1 Å². The van der Waals surface area contributed by atoms with Gasteiger partial charge >= 0.3 is 0 Å². The number of carbonyl (C=O) groups is 1. The fourth-order valence-electron chi connectivity index (χ4n) is 3.09. The maximum atomic E-state index is 12.4. The fourth-order valence-corrected chi connectivity index (χ4v) is 3.35. The third-order valence-corrected chi connectivity index (χ3v) is 4.85. The van der Waals surface area contributed by atoms with Crippen molar-refractivity contribution in [2.45, 2.75) is 38.3 Å². The molecule has 4 heteroatoms. The van der Waals surface area contributed by atoms with E-state index in [9.17, 15) is 4.79 Å². The van der Waals surface area contributed by atoms with Gasteiger partial charge in [0.15, 0.2) is 0 Å². The molecule has 0 spiro atoms. The van der Waals surface area contributed by atoms with Crippen molar-refractivity contribution in [1.82, 2.24) is 5.32 Å². The van der Waals surface area contributed by atoms with E-state index in [0.29, 0.717) is 0 Å². The van der Waals surface area contributed by atoms with Gasteiger partial charge in [0, 0.05) is 16.2 Å². The highest BCUT2D eigenvalue weighted by Gasteiger charge is 2.23. The molecule has 0 heterocycles. The molecule has 120 valence electrons. The molecule has 0 fully saturated rings. The molecule has 23 heavy (non-hydrogen) atoms. The largest absolute Gasteiger partial charge is 0.325 e. The summed E-state index contributed by atoms with van der Waals surface area (Å²) in [5.41, 5.74) is 3.55. The molecule has 0 saturated carbocycles. The minimum atomic E-state index is -0.241. The van der Waals surface area contributed by atoms with Crippen LogP contribution < -0.4 is 10.6 Å². The molecule has 0 aromatic heterocycles. The second-order valence-electron chi connectivity index (χ2n) is 6.03. The smallest absolute Gasteiger partial charge is 0.241 e. The lowest BCUT2D eigenvalue weighted by atomic mass is 9.87. The maximum absolute atomic E-state index is 12.4. The van der Waals surface area contributed by atoms with Gasteiger partial charge in [-0.3, -0.25) is 10.1 Å². The van der Waals surface area contributed by atoms with Gasteiger partial charge in [-0.15, -0.1) is 0 Å². The van der Waals surface area contributed by atoms with Gasteiger partial charge in [-0.1, -0.05) is 40.2 Å². The molecule has 2 aromatic carbocycles. The number of aryl methyl sites for hydroxylation is 1. The molecular weight excluding hydrogens is 352 g/mol. The van der Waals surface area contributed by atoms with Gasteiger partial charge < -0.3 is 5.32 Å². The van der Waals surface area contributed by atoms with Crippen molar-refractivity contribution in [3.8, 4) is 0 Å². The van der Waals surface area contributed by atoms with Crippen LogP contribution in [0.4, 0.5) is 5.69 Å². The summed E-state index contributed by atoms with van der Waals surface area (Å²) in [6.45, 7) is 1.92. The van der Waals surface area contributed by atoms with Crippen LogP contribution in [0.3, 0.4) is 0 Å². The predicted octanol–water partition coefficient (Wildman–Crippen LogP) is 4.44. The van der Waals surface area contributed by atoms with Crippen molar-refractivity contribution in [3.05, 3.63) is 64.1 Å². The number of nitrogens with one attached hydrogen (secondary N) is 2. The molecule has 3 rings (SSSR count). The molecule has 0 unspecified atom stereocenters. The molecule has 2 N–H and O–H groups in total. The first-order valence-corrected chi connectivity index (χ1v) is 8.83. The van der Waals surface area contributed by atoms with E-state index in [2.05, 4.69) is 50.8 Å². The van der Waals surface area contributed by atoms with Crippen LogP contribution in [0, 0.1) is 0 Å². The molecule has 0 radical (unpaired) electrons. The molecule has 1 aliphatic rings.